The van der Waals surface area contributed by atoms with Crippen LogP contribution in [-0.4, -0.2) is 38.2 Å². The van der Waals surface area contributed by atoms with E-state index in [1.807, 2.05) is 30.3 Å². The van der Waals surface area contributed by atoms with Gasteiger partial charge in [-0.05, 0) is 30.2 Å². The highest BCUT2D eigenvalue weighted by atomic mass is 16.5. The Hall–Kier alpha value is -1.88. The van der Waals surface area contributed by atoms with Crippen molar-refractivity contribution in [2.45, 2.75) is 46.1 Å². The number of carbonyl (C=O) groups is 2. The van der Waals surface area contributed by atoms with E-state index in [2.05, 4.69) is 26.1 Å². The Balaban J connectivity index is 2.57. The number of esters is 1. The number of ether oxygens (including phenoxy) is 2. The Kier molecular flexibility index (Phi) is 9.85. The summed E-state index contributed by atoms with van der Waals surface area (Å²) in [6.45, 7) is 6.82. The Morgan fingerprint density at radius 1 is 1.12 bits per heavy atom. The van der Waals surface area contributed by atoms with Crippen molar-refractivity contribution in [3.63, 3.8) is 0 Å². The van der Waals surface area contributed by atoms with Gasteiger partial charge < -0.3 is 14.8 Å². The van der Waals surface area contributed by atoms with Crippen LogP contribution in [0.2, 0.25) is 0 Å². The SMILES string of the molecule is COCC(=O)NC(Cc1ccccc1)C(=O)OCCC(C)CC(C)C. The Morgan fingerprint density at radius 2 is 1.80 bits per heavy atom. The molecular weight excluding hydrogens is 318 g/mol. The first-order valence-electron chi connectivity index (χ1n) is 8.91. The monoisotopic (exact) mass is 349 g/mol. The maximum atomic E-state index is 12.4. The second-order valence-electron chi connectivity index (χ2n) is 6.93. The van der Waals surface area contributed by atoms with Gasteiger partial charge in [0.25, 0.3) is 0 Å². The molecule has 0 saturated carbocycles. The van der Waals surface area contributed by atoms with E-state index < -0.39 is 12.0 Å². The molecular formula is C20H31NO4. The van der Waals surface area contributed by atoms with Gasteiger partial charge in [0.2, 0.25) is 5.91 Å². The van der Waals surface area contributed by atoms with Crippen LogP contribution in [0, 0.1) is 11.8 Å². The maximum absolute atomic E-state index is 12.4. The van der Waals surface area contributed by atoms with Crippen molar-refractivity contribution < 1.29 is 19.1 Å². The zero-order valence-electron chi connectivity index (χ0n) is 15.8. The van der Waals surface area contributed by atoms with E-state index in [9.17, 15) is 9.59 Å². The van der Waals surface area contributed by atoms with Gasteiger partial charge in [-0.1, -0.05) is 51.1 Å². The predicted octanol–water partition coefficient (Wildman–Crippen LogP) is 2.98. The minimum atomic E-state index is -0.703. The highest BCUT2D eigenvalue weighted by Crippen LogP contribution is 2.14. The number of nitrogens with one attached hydrogen (secondary N) is 1. The van der Waals surface area contributed by atoms with Crippen molar-refractivity contribution in [3.05, 3.63) is 35.9 Å². The van der Waals surface area contributed by atoms with Crippen molar-refractivity contribution in [3.8, 4) is 0 Å². The van der Waals surface area contributed by atoms with Crippen LogP contribution in [0.5, 0.6) is 0 Å². The predicted molar refractivity (Wildman–Crippen MR) is 98.1 cm³/mol. The lowest BCUT2D eigenvalue weighted by Crippen LogP contribution is -2.44. The quantitative estimate of drug-likeness (QED) is 0.624. The number of hydrogen-bond donors (Lipinski definition) is 1. The van der Waals surface area contributed by atoms with E-state index in [1.54, 1.807) is 0 Å². The van der Waals surface area contributed by atoms with Crippen molar-refractivity contribution in [2.75, 3.05) is 20.3 Å². The van der Waals surface area contributed by atoms with Gasteiger partial charge in [-0.3, -0.25) is 4.79 Å². The van der Waals surface area contributed by atoms with E-state index in [0.29, 0.717) is 24.9 Å². The fourth-order valence-corrected chi connectivity index (χ4v) is 2.79. The molecule has 0 saturated heterocycles. The molecule has 0 aliphatic carbocycles. The van der Waals surface area contributed by atoms with E-state index in [1.165, 1.54) is 7.11 Å². The number of hydrogen-bond acceptors (Lipinski definition) is 4. The van der Waals surface area contributed by atoms with Crippen molar-refractivity contribution >= 4 is 11.9 Å². The fraction of sp³-hybridized carbons (Fsp3) is 0.600. The van der Waals surface area contributed by atoms with Crippen LogP contribution < -0.4 is 5.32 Å². The molecule has 1 amide bonds. The topological polar surface area (TPSA) is 64.6 Å². The number of carbonyl (C=O) groups excluding carboxylic acids is 2. The number of benzene rings is 1. The van der Waals surface area contributed by atoms with Crippen LogP contribution in [0.4, 0.5) is 0 Å². The second kappa shape index (κ2) is 11.6. The summed E-state index contributed by atoms with van der Waals surface area (Å²) in [7, 11) is 1.44. The third kappa shape index (κ3) is 9.25. The summed E-state index contributed by atoms with van der Waals surface area (Å²) >= 11 is 0. The average Bonchev–Trinajstić information content (AvgIpc) is 2.54. The first-order valence-corrected chi connectivity index (χ1v) is 8.91. The molecule has 5 nitrogen and oxygen atoms in total. The summed E-state index contributed by atoms with van der Waals surface area (Å²) in [6, 6.07) is 8.87. The lowest BCUT2D eigenvalue weighted by molar-refractivity contribution is -0.148. The molecule has 5 heteroatoms. The Morgan fingerprint density at radius 3 is 2.40 bits per heavy atom. The van der Waals surface area contributed by atoms with Gasteiger partial charge in [0.1, 0.15) is 12.6 Å². The standard InChI is InChI=1S/C20H31NO4/c1-15(2)12-16(3)10-11-25-20(23)18(21-19(22)14-24-4)13-17-8-6-5-7-9-17/h5-9,15-16,18H,10-14H2,1-4H3,(H,21,22). The highest BCUT2D eigenvalue weighted by Gasteiger charge is 2.23. The molecule has 0 spiro atoms. The molecule has 1 rings (SSSR count). The lowest BCUT2D eigenvalue weighted by atomic mass is 9.96. The molecule has 140 valence electrons. The molecule has 0 bridgehead atoms. The van der Waals surface area contributed by atoms with E-state index in [0.717, 1.165) is 18.4 Å². The molecule has 1 aromatic carbocycles. The van der Waals surface area contributed by atoms with Gasteiger partial charge in [0, 0.05) is 13.5 Å². The highest BCUT2D eigenvalue weighted by molar-refractivity contribution is 5.85. The van der Waals surface area contributed by atoms with Gasteiger partial charge >= 0.3 is 5.97 Å². The normalized spacial score (nSPS) is 13.3. The molecule has 1 N–H and O–H groups in total. The molecule has 0 radical (unpaired) electrons. The third-order valence-corrected chi connectivity index (χ3v) is 3.91. The van der Waals surface area contributed by atoms with Crippen molar-refractivity contribution in [2.24, 2.45) is 11.8 Å². The first kappa shape index (κ1) is 21.2. The summed E-state index contributed by atoms with van der Waals surface area (Å²) in [5, 5.41) is 2.70. The summed E-state index contributed by atoms with van der Waals surface area (Å²) in [6.07, 6.45) is 2.33. The number of amides is 1. The van der Waals surface area contributed by atoms with Crippen LogP contribution in [0.1, 0.15) is 39.2 Å². The number of methoxy groups -OCH3 is 1. The van der Waals surface area contributed by atoms with E-state index in [-0.39, 0.29) is 12.5 Å². The molecule has 0 heterocycles. The van der Waals surface area contributed by atoms with Crippen molar-refractivity contribution in [1.29, 1.82) is 0 Å². The lowest BCUT2D eigenvalue weighted by Gasteiger charge is -2.19. The molecule has 25 heavy (non-hydrogen) atoms. The Bertz CT molecular complexity index is 516. The molecule has 0 aromatic heterocycles. The summed E-state index contributed by atoms with van der Waals surface area (Å²) in [4.78, 5) is 24.2. The first-order chi connectivity index (χ1) is 11.9. The summed E-state index contributed by atoms with van der Waals surface area (Å²) in [5.74, 6) is 0.409. The average molecular weight is 349 g/mol. The minimum Gasteiger partial charge on any atom is -0.464 e. The Labute approximate surface area is 151 Å². The summed E-state index contributed by atoms with van der Waals surface area (Å²) in [5.41, 5.74) is 0.968. The third-order valence-electron chi connectivity index (χ3n) is 3.91. The fourth-order valence-electron chi connectivity index (χ4n) is 2.79. The molecule has 0 aliphatic heterocycles. The van der Waals surface area contributed by atoms with Gasteiger partial charge in [-0.15, -0.1) is 0 Å². The van der Waals surface area contributed by atoms with Gasteiger partial charge in [0.05, 0.1) is 6.61 Å². The van der Waals surface area contributed by atoms with E-state index in [4.69, 9.17) is 9.47 Å². The number of rotatable bonds is 11. The van der Waals surface area contributed by atoms with E-state index >= 15 is 0 Å². The van der Waals surface area contributed by atoms with Gasteiger partial charge in [0.15, 0.2) is 0 Å². The molecule has 0 fully saturated rings. The van der Waals surface area contributed by atoms with Gasteiger partial charge in [-0.25, -0.2) is 4.79 Å². The van der Waals surface area contributed by atoms with Gasteiger partial charge in [-0.2, -0.15) is 0 Å². The zero-order chi connectivity index (χ0) is 18.7. The largest absolute Gasteiger partial charge is 0.464 e. The minimum absolute atomic E-state index is 0.0794. The van der Waals surface area contributed by atoms with Crippen LogP contribution in [0.15, 0.2) is 30.3 Å². The van der Waals surface area contributed by atoms with Crippen LogP contribution in [-0.2, 0) is 25.5 Å². The van der Waals surface area contributed by atoms with Crippen LogP contribution in [0.3, 0.4) is 0 Å². The molecule has 0 aliphatic rings. The summed E-state index contributed by atoms with van der Waals surface area (Å²) < 4.78 is 10.2. The van der Waals surface area contributed by atoms with Crippen LogP contribution in [0.25, 0.3) is 0 Å². The molecule has 2 atom stereocenters. The van der Waals surface area contributed by atoms with Crippen LogP contribution >= 0.6 is 0 Å². The van der Waals surface area contributed by atoms with Crippen molar-refractivity contribution in [1.82, 2.24) is 5.32 Å². The second-order valence-corrected chi connectivity index (χ2v) is 6.93. The maximum Gasteiger partial charge on any atom is 0.328 e. The smallest absolute Gasteiger partial charge is 0.328 e. The molecule has 2 unspecified atom stereocenters. The zero-order valence-corrected chi connectivity index (χ0v) is 15.8. The molecule has 1 aromatic rings.